The van der Waals surface area contributed by atoms with Gasteiger partial charge in [0.1, 0.15) is 0 Å². The van der Waals surface area contributed by atoms with Crippen molar-refractivity contribution in [1.82, 2.24) is 4.90 Å². The van der Waals surface area contributed by atoms with Crippen molar-refractivity contribution in [2.24, 2.45) is 0 Å². The van der Waals surface area contributed by atoms with Crippen LogP contribution < -0.4 is 0 Å². The Bertz CT molecular complexity index is 241. The van der Waals surface area contributed by atoms with Crippen LogP contribution in [0.15, 0.2) is 0 Å². The predicted octanol–water partition coefficient (Wildman–Crippen LogP) is -0.452. The van der Waals surface area contributed by atoms with Gasteiger partial charge in [0.05, 0.1) is 33.4 Å². The summed E-state index contributed by atoms with van der Waals surface area (Å²) >= 11 is 0. The summed E-state index contributed by atoms with van der Waals surface area (Å²) in [6.07, 6.45) is 0.244. The minimum atomic E-state index is -0.447. The molecule has 6 nitrogen and oxygen atoms in total. The Morgan fingerprint density at radius 2 is 1.67 bits per heavy atom. The number of rotatable bonds is 6. The molecule has 0 aliphatic carbocycles. The van der Waals surface area contributed by atoms with Gasteiger partial charge in [0.25, 0.3) is 0 Å². The Morgan fingerprint density at radius 3 is 2.00 bits per heavy atom. The summed E-state index contributed by atoms with van der Waals surface area (Å²) in [7, 11) is 2.53. The van der Waals surface area contributed by atoms with E-state index in [1.54, 1.807) is 0 Å². The van der Waals surface area contributed by atoms with Crippen molar-refractivity contribution in [2.75, 3.05) is 33.9 Å². The van der Waals surface area contributed by atoms with Crippen LogP contribution in [0.1, 0.15) is 6.42 Å². The number of hydrogen-bond donors (Lipinski definition) is 0. The van der Waals surface area contributed by atoms with Gasteiger partial charge in [-0.3, -0.25) is 14.5 Å². The van der Waals surface area contributed by atoms with Gasteiger partial charge in [0, 0.05) is 13.0 Å². The summed E-state index contributed by atoms with van der Waals surface area (Å²) in [6, 6.07) is 1.93. The van der Waals surface area contributed by atoms with Gasteiger partial charge in [-0.25, -0.2) is 0 Å². The highest BCUT2D eigenvalue weighted by molar-refractivity contribution is 5.74. The fraction of sp³-hybridized carbons (Fsp3) is 0.667. The number of nitrogens with zero attached hydrogens (tertiary/aromatic N) is 2. The summed E-state index contributed by atoms with van der Waals surface area (Å²) < 4.78 is 8.92. The van der Waals surface area contributed by atoms with E-state index in [0.717, 1.165) is 0 Å². The molecule has 6 heteroatoms. The van der Waals surface area contributed by atoms with Crippen molar-refractivity contribution in [3.8, 4) is 6.07 Å². The molecule has 0 unspecified atom stereocenters. The average molecular weight is 214 g/mol. The molecule has 0 fully saturated rings. The van der Waals surface area contributed by atoms with Gasteiger partial charge >= 0.3 is 11.9 Å². The Labute approximate surface area is 88.4 Å². The van der Waals surface area contributed by atoms with E-state index in [2.05, 4.69) is 9.47 Å². The van der Waals surface area contributed by atoms with Crippen LogP contribution in [-0.2, 0) is 19.1 Å². The number of nitriles is 1. The standard InChI is InChI=1S/C9H14N2O4/c1-14-8(12)6-11(5-3-4-10)7-9(13)15-2/h3,5-7H2,1-2H3. The summed E-state index contributed by atoms with van der Waals surface area (Å²) in [5, 5.41) is 8.39. The fourth-order valence-corrected chi connectivity index (χ4v) is 0.916. The smallest absolute Gasteiger partial charge is 0.319 e. The highest BCUT2D eigenvalue weighted by Crippen LogP contribution is 1.93. The van der Waals surface area contributed by atoms with Crippen molar-refractivity contribution >= 4 is 11.9 Å². The molecule has 84 valence electrons. The van der Waals surface area contributed by atoms with Gasteiger partial charge in [0.2, 0.25) is 0 Å². The molecular formula is C9H14N2O4. The zero-order valence-electron chi connectivity index (χ0n) is 8.86. The van der Waals surface area contributed by atoms with E-state index in [1.165, 1.54) is 19.1 Å². The topological polar surface area (TPSA) is 79.6 Å². The van der Waals surface area contributed by atoms with Gasteiger partial charge < -0.3 is 9.47 Å². The molecule has 0 bridgehead atoms. The lowest BCUT2D eigenvalue weighted by Crippen LogP contribution is -2.36. The summed E-state index contributed by atoms with van der Waals surface area (Å²) in [5.74, 6) is -0.895. The van der Waals surface area contributed by atoms with Crippen LogP contribution in [0.5, 0.6) is 0 Å². The molecule has 15 heavy (non-hydrogen) atoms. The molecule has 0 aliphatic rings. The Kier molecular flexibility index (Phi) is 6.93. The lowest BCUT2D eigenvalue weighted by Gasteiger charge is -2.17. The molecule has 0 N–H and O–H groups in total. The van der Waals surface area contributed by atoms with Crippen molar-refractivity contribution in [2.45, 2.75) is 6.42 Å². The van der Waals surface area contributed by atoms with E-state index in [1.807, 2.05) is 6.07 Å². The van der Waals surface area contributed by atoms with Gasteiger partial charge in [-0.2, -0.15) is 5.26 Å². The van der Waals surface area contributed by atoms with E-state index in [0.29, 0.717) is 6.54 Å². The molecular weight excluding hydrogens is 200 g/mol. The van der Waals surface area contributed by atoms with Crippen LogP contribution in [0.25, 0.3) is 0 Å². The van der Waals surface area contributed by atoms with Crippen LogP contribution in [0, 0.1) is 11.3 Å². The zero-order valence-corrected chi connectivity index (χ0v) is 8.86. The van der Waals surface area contributed by atoms with Crippen LogP contribution >= 0.6 is 0 Å². The van der Waals surface area contributed by atoms with Gasteiger partial charge in [0.15, 0.2) is 0 Å². The van der Waals surface area contributed by atoms with Crippen LogP contribution in [0.3, 0.4) is 0 Å². The first-order chi connectivity index (χ1) is 7.13. The summed E-state index contributed by atoms with van der Waals surface area (Å²) in [6.45, 7) is 0.293. The average Bonchev–Trinajstić information content (AvgIpc) is 2.25. The number of methoxy groups -OCH3 is 2. The lowest BCUT2D eigenvalue weighted by atomic mass is 10.4. The second-order valence-electron chi connectivity index (χ2n) is 2.77. The fourth-order valence-electron chi connectivity index (χ4n) is 0.916. The molecule has 0 atom stereocenters. The Morgan fingerprint density at radius 1 is 1.20 bits per heavy atom. The molecule has 0 aromatic heterocycles. The molecule has 0 saturated heterocycles. The number of esters is 2. The first-order valence-corrected chi connectivity index (χ1v) is 4.37. The van der Waals surface area contributed by atoms with E-state index in [9.17, 15) is 9.59 Å². The highest BCUT2D eigenvalue weighted by atomic mass is 16.5. The maximum atomic E-state index is 11.0. The molecule has 0 aliphatic heterocycles. The molecule has 0 rings (SSSR count). The van der Waals surface area contributed by atoms with Gasteiger partial charge in [-0.15, -0.1) is 0 Å². The maximum Gasteiger partial charge on any atom is 0.319 e. The van der Waals surface area contributed by atoms with Crippen LogP contribution in [0.4, 0.5) is 0 Å². The van der Waals surface area contributed by atoms with Crippen molar-refractivity contribution in [3.05, 3.63) is 0 Å². The van der Waals surface area contributed by atoms with Crippen molar-refractivity contribution in [1.29, 1.82) is 5.26 Å². The third-order valence-corrected chi connectivity index (χ3v) is 1.70. The molecule has 0 amide bonds. The maximum absolute atomic E-state index is 11.0. The normalized spacial score (nSPS) is 9.47. The second kappa shape index (κ2) is 7.76. The largest absolute Gasteiger partial charge is 0.468 e. The zero-order chi connectivity index (χ0) is 11.7. The molecule has 0 radical (unpaired) electrons. The molecule has 0 spiro atoms. The van der Waals surface area contributed by atoms with Gasteiger partial charge in [-0.1, -0.05) is 0 Å². The first kappa shape index (κ1) is 13.4. The monoisotopic (exact) mass is 214 g/mol. The molecule has 0 aromatic carbocycles. The lowest BCUT2D eigenvalue weighted by molar-refractivity contribution is -0.145. The van der Waals surface area contributed by atoms with Crippen molar-refractivity contribution in [3.63, 3.8) is 0 Å². The molecule has 0 aromatic rings. The minimum Gasteiger partial charge on any atom is -0.468 e. The summed E-state index contributed by atoms with van der Waals surface area (Å²) in [4.78, 5) is 23.4. The van der Waals surface area contributed by atoms with Gasteiger partial charge in [-0.05, 0) is 0 Å². The number of hydrogen-bond acceptors (Lipinski definition) is 6. The number of ether oxygens (including phenoxy) is 2. The highest BCUT2D eigenvalue weighted by Gasteiger charge is 2.14. The molecule has 0 saturated carbocycles. The summed E-state index contributed by atoms with van der Waals surface area (Å²) in [5.41, 5.74) is 0. The second-order valence-corrected chi connectivity index (χ2v) is 2.77. The van der Waals surface area contributed by atoms with Crippen LogP contribution in [-0.4, -0.2) is 50.7 Å². The Balaban J connectivity index is 4.12. The SMILES string of the molecule is COC(=O)CN(CCC#N)CC(=O)OC. The third kappa shape index (κ3) is 6.46. The third-order valence-electron chi connectivity index (χ3n) is 1.70. The van der Waals surface area contributed by atoms with E-state index >= 15 is 0 Å². The quantitative estimate of drug-likeness (QED) is 0.557. The first-order valence-electron chi connectivity index (χ1n) is 4.37. The van der Waals surface area contributed by atoms with E-state index in [4.69, 9.17) is 5.26 Å². The molecule has 0 heterocycles. The predicted molar refractivity (Wildman–Crippen MR) is 50.7 cm³/mol. The Hall–Kier alpha value is -1.61. The number of carbonyl (C=O) groups excluding carboxylic acids is 2. The minimum absolute atomic E-state index is 0.0206. The van der Waals surface area contributed by atoms with Crippen molar-refractivity contribution < 1.29 is 19.1 Å². The number of carbonyl (C=O) groups is 2. The van der Waals surface area contributed by atoms with E-state index < -0.39 is 11.9 Å². The van der Waals surface area contributed by atoms with E-state index in [-0.39, 0.29) is 19.5 Å². The van der Waals surface area contributed by atoms with Crippen LogP contribution in [0.2, 0.25) is 0 Å².